The predicted molar refractivity (Wildman–Crippen MR) is 123 cm³/mol. The van der Waals surface area contributed by atoms with Gasteiger partial charge in [0.2, 0.25) is 0 Å². The van der Waals surface area contributed by atoms with Crippen LogP contribution in [-0.4, -0.2) is 6.61 Å². The van der Waals surface area contributed by atoms with Crippen molar-refractivity contribution in [1.82, 2.24) is 0 Å². The number of fused-ring (bicyclic) bond motifs is 1. The van der Waals surface area contributed by atoms with Gasteiger partial charge in [0.1, 0.15) is 24.0 Å². The lowest BCUT2D eigenvalue weighted by Gasteiger charge is -2.42. The van der Waals surface area contributed by atoms with E-state index in [-0.39, 0.29) is 11.7 Å². The molecule has 0 aliphatic heterocycles. The van der Waals surface area contributed by atoms with Gasteiger partial charge in [-0.3, -0.25) is 0 Å². The van der Waals surface area contributed by atoms with Gasteiger partial charge < -0.3 is 4.74 Å². The van der Waals surface area contributed by atoms with E-state index in [4.69, 9.17) is 4.74 Å². The van der Waals surface area contributed by atoms with E-state index < -0.39 is 5.82 Å². The van der Waals surface area contributed by atoms with Gasteiger partial charge in [-0.05, 0) is 98.4 Å². The van der Waals surface area contributed by atoms with Crippen molar-refractivity contribution in [1.29, 1.82) is 0 Å². The van der Waals surface area contributed by atoms with Crippen LogP contribution < -0.4 is 4.74 Å². The first-order valence-electron chi connectivity index (χ1n) is 11.5. The summed E-state index contributed by atoms with van der Waals surface area (Å²) in [6, 6.07) is 9.93. The number of allylic oxidation sites excluding steroid dienone is 2. The monoisotopic (exact) mass is 422 g/mol. The highest BCUT2D eigenvalue weighted by Crippen LogP contribution is 2.48. The van der Waals surface area contributed by atoms with Gasteiger partial charge >= 0.3 is 0 Å². The Morgan fingerprint density at radius 3 is 2.52 bits per heavy atom. The number of ether oxygens (including phenoxy) is 1. The van der Waals surface area contributed by atoms with E-state index in [1.54, 1.807) is 18.2 Å². The minimum Gasteiger partial charge on any atom is -0.489 e. The van der Waals surface area contributed by atoms with Crippen LogP contribution in [0.2, 0.25) is 0 Å². The minimum atomic E-state index is -0.410. The zero-order valence-electron chi connectivity index (χ0n) is 18.3. The maximum atomic E-state index is 15.1. The van der Waals surface area contributed by atoms with Crippen molar-refractivity contribution in [3.63, 3.8) is 0 Å². The summed E-state index contributed by atoms with van der Waals surface area (Å²) >= 11 is 0. The molecular weight excluding hydrogens is 390 g/mol. The third kappa shape index (κ3) is 4.92. The molecule has 4 rings (SSSR count). The van der Waals surface area contributed by atoms with Crippen LogP contribution in [0.4, 0.5) is 8.78 Å². The second-order valence-corrected chi connectivity index (χ2v) is 9.11. The number of hydrogen-bond acceptors (Lipinski definition) is 1. The zero-order valence-corrected chi connectivity index (χ0v) is 18.3. The van der Waals surface area contributed by atoms with Gasteiger partial charge in [0.25, 0.3) is 0 Å². The molecule has 0 heterocycles. The Morgan fingerprint density at radius 1 is 0.968 bits per heavy atom. The van der Waals surface area contributed by atoms with Crippen LogP contribution in [0, 0.1) is 29.4 Å². The molecule has 4 atom stereocenters. The molecule has 31 heavy (non-hydrogen) atoms. The molecule has 1 nitrogen and oxygen atoms in total. The van der Waals surface area contributed by atoms with Crippen molar-refractivity contribution in [2.45, 2.75) is 51.4 Å². The smallest absolute Gasteiger partial charge is 0.134 e. The highest BCUT2D eigenvalue weighted by molar-refractivity contribution is 5.65. The maximum absolute atomic E-state index is 15.1. The van der Waals surface area contributed by atoms with Crippen molar-refractivity contribution in [3.8, 4) is 16.9 Å². The average molecular weight is 423 g/mol. The largest absolute Gasteiger partial charge is 0.489 e. The van der Waals surface area contributed by atoms with Crippen LogP contribution >= 0.6 is 0 Å². The molecule has 2 aliphatic carbocycles. The highest BCUT2D eigenvalue weighted by atomic mass is 19.1. The van der Waals surface area contributed by atoms with E-state index >= 15 is 4.39 Å². The van der Waals surface area contributed by atoms with Crippen LogP contribution in [0.15, 0.2) is 61.2 Å². The Labute approximate surface area is 184 Å². The topological polar surface area (TPSA) is 9.23 Å². The fraction of sp³-hybridized carbons (Fsp3) is 0.429. The number of hydrogen-bond donors (Lipinski definition) is 0. The van der Waals surface area contributed by atoms with E-state index in [2.05, 4.69) is 25.7 Å². The fourth-order valence-electron chi connectivity index (χ4n) is 5.66. The summed E-state index contributed by atoms with van der Waals surface area (Å²) in [6.45, 7) is 6.01. The minimum absolute atomic E-state index is 0.213. The summed E-state index contributed by atoms with van der Waals surface area (Å²) in [7, 11) is 0. The maximum Gasteiger partial charge on any atom is 0.134 e. The van der Waals surface area contributed by atoms with Gasteiger partial charge in [-0.25, -0.2) is 8.78 Å². The molecule has 0 amide bonds. The molecule has 3 heteroatoms. The average Bonchev–Trinajstić information content (AvgIpc) is 2.77. The van der Waals surface area contributed by atoms with Crippen LogP contribution in [0.25, 0.3) is 11.1 Å². The molecule has 2 aliphatic rings. The zero-order chi connectivity index (χ0) is 21.8. The summed E-state index contributed by atoms with van der Waals surface area (Å²) in [5.41, 5.74) is 1.75. The molecular formula is C28H32F2O. The molecule has 0 saturated heterocycles. The molecule has 0 N–H and O–H groups in total. The van der Waals surface area contributed by atoms with Crippen LogP contribution in [0.5, 0.6) is 5.75 Å². The van der Waals surface area contributed by atoms with Gasteiger partial charge in [-0.1, -0.05) is 36.9 Å². The Bertz CT molecular complexity index is 948. The first-order valence-corrected chi connectivity index (χ1v) is 11.5. The van der Waals surface area contributed by atoms with E-state index in [9.17, 15) is 4.39 Å². The summed E-state index contributed by atoms with van der Waals surface area (Å²) in [6.07, 6.45) is 13.3. The lowest BCUT2D eigenvalue weighted by molar-refractivity contribution is 0.132. The third-order valence-corrected chi connectivity index (χ3v) is 7.18. The lowest BCUT2D eigenvalue weighted by atomic mass is 9.64. The van der Waals surface area contributed by atoms with Gasteiger partial charge in [-0.2, -0.15) is 0 Å². The lowest BCUT2D eigenvalue weighted by Crippen LogP contribution is -2.30. The number of benzene rings is 2. The summed E-state index contributed by atoms with van der Waals surface area (Å²) in [4.78, 5) is 0. The Hall–Kier alpha value is -2.42. The Kier molecular flexibility index (Phi) is 6.89. The van der Waals surface area contributed by atoms with Crippen molar-refractivity contribution in [2.24, 2.45) is 17.8 Å². The first kappa shape index (κ1) is 21.8. The fourth-order valence-corrected chi connectivity index (χ4v) is 5.66. The standard InChI is InChI=1S/C28H32F2O/c1-3-5-19-6-7-21-16-22(9-8-20(21)15-19)25-12-10-23(17-27(25)29)26-13-11-24(18-28(26)30)31-14-4-2/h3-5,10-13,17-22H,2,6-9,14-16H2,1H3/b5-3+. The predicted octanol–water partition coefficient (Wildman–Crippen LogP) is 8.07. The Balaban J connectivity index is 1.47. The molecule has 4 unspecified atom stereocenters. The molecule has 0 radical (unpaired) electrons. The molecule has 0 spiro atoms. The van der Waals surface area contributed by atoms with Crippen LogP contribution in [-0.2, 0) is 0 Å². The summed E-state index contributed by atoms with van der Waals surface area (Å²) in [5, 5.41) is 0. The second kappa shape index (κ2) is 9.80. The molecule has 2 aromatic carbocycles. The van der Waals surface area contributed by atoms with Gasteiger partial charge in [0.15, 0.2) is 0 Å². The summed E-state index contributed by atoms with van der Waals surface area (Å²) in [5.74, 6) is 2.31. The van der Waals surface area contributed by atoms with Gasteiger partial charge in [0, 0.05) is 11.6 Å². The van der Waals surface area contributed by atoms with Gasteiger partial charge in [-0.15, -0.1) is 0 Å². The number of rotatable bonds is 6. The van der Waals surface area contributed by atoms with E-state index in [0.29, 0.717) is 29.4 Å². The van der Waals surface area contributed by atoms with Crippen molar-refractivity contribution < 1.29 is 13.5 Å². The van der Waals surface area contributed by atoms with E-state index in [0.717, 1.165) is 30.2 Å². The molecule has 2 fully saturated rings. The molecule has 2 saturated carbocycles. The van der Waals surface area contributed by atoms with Crippen LogP contribution in [0.3, 0.4) is 0 Å². The van der Waals surface area contributed by atoms with Crippen molar-refractivity contribution in [3.05, 3.63) is 78.4 Å². The normalized spacial score (nSPS) is 25.9. The van der Waals surface area contributed by atoms with E-state index in [1.807, 2.05) is 12.1 Å². The van der Waals surface area contributed by atoms with Crippen molar-refractivity contribution >= 4 is 0 Å². The molecule has 2 aromatic rings. The number of halogens is 2. The van der Waals surface area contributed by atoms with Gasteiger partial charge in [0.05, 0.1) is 0 Å². The Morgan fingerprint density at radius 2 is 1.77 bits per heavy atom. The van der Waals surface area contributed by atoms with Crippen molar-refractivity contribution in [2.75, 3.05) is 6.61 Å². The first-order chi connectivity index (χ1) is 15.1. The highest BCUT2D eigenvalue weighted by Gasteiger charge is 2.36. The molecule has 164 valence electrons. The van der Waals surface area contributed by atoms with Crippen LogP contribution in [0.1, 0.15) is 56.9 Å². The molecule has 0 aromatic heterocycles. The van der Waals surface area contributed by atoms with E-state index in [1.165, 1.54) is 37.8 Å². The quantitative estimate of drug-likeness (QED) is 0.428. The molecule has 0 bridgehead atoms. The third-order valence-electron chi connectivity index (χ3n) is 7.18. The SMILES string of the molecule is C=CCOc1ccc(-c2ccc(C3CCC4CC(/C=C/C)CCC4C3)c(F)c2)c(F)c1. The second-order valence-electron chi connectivity index (χ2n) is 9.11. The summed E-state index contributed by atoms with van der Waals surface area (Å²) < 4.78 is 35.1.